The minimum atomic E-state index is -1.48. The quantitative estimate of drug-likeness (QED) is 0.581. The molecule has 0 aromatic heterocycles. The lowest BCUT2D eigenvalue weighted by Crippen LogP contribution is -1.97. The van der Waals surface area contributed by atoms with Crippen molar-refractivity contribution in [2.24, 2.45) is 0 Å². The van der Waals surface area contributed by atoms with Crippen molar-refractivity contribution in [2.45, 2.75) is 20.3 Å². The van der Waals surface area contributed by atoms with Gasteiger partial charge in [0, 0.05) is 0 Å². The van der Waals surface area contributed by atoms with Gasteiger partial charge in [-0.05, 0) is 18.9 Å². The third-order valence-corrected chi connectivity index (χ3v) is 1.09. The fourth-order valence-electron chi connectivity index (χ4n) is 0.338. The van der Waals surface area contributed by atoms with Gasteiger partial charge in [0.15, 0.2) is 0 Å². The lowest BCUT2D eigenvalue weighted by atomic mass is 10.2. The lowest BCUT2D eigenvalue weighted by Gasteiger charge is -1.93. The van der Waals surface area contributed by atoms with Crippen LogP contribution >= 0.6 is 0 Å². The number of allylic oxidation sites excluding steroid dienone is 1. The molecule has 0 aliphatic rings. The van der Waals surface area contributed by atoms with Gasteiger partial charge in [-0.15, -0.1) is 0 Å². The molecular formula is C6H9FO2. The molecule has 9 heavy (non-hydrogen) atoms. The number of aliphatic carboxylic acids is 1. The summed E-state index contributed by atoms with van der Waals surface area (Å²) >= 11 is 0. The molecular weight excluding hydrogens is 123 g/mol. The summed E-state index contributed by atoms with van der Waals surface area (Å²) in [5.74, 6) is -2.51. The van der Waals surface area contributed by atoms with E-state index in [1.54, 1.807) is 6.92 Å². The van der Waals surface area contributed by atoms with Crippen molar-refractivity contribution in [3.05, 3.63) is 11.4 Å². The summed E-state index contributed by atoms with van der Waals surface area (Å²) in [5.41, 5.74) is 0.280. The molecule has 0 radical (unpaired) electrons. The van der Waals surface area contributed by atoms with Gasteiger partial charge < -0.3 is 5.11 Å². The molecule has 0 amide bonds. The molecule has 0 aromatic carbocycles. The monoisotopic (exact) mass is 132 g/mol. The average Bonchev–Trinajstić information content (AvgIpc) is 1.84. The van der Waals surface area contributed by atoms with Crippen molar-refractivity contribution in [1.82, 2.24) is 0 Å². The molecule has 1 N–H and O–H groups in total. The average molecular weight is 132 g/mol. The number of rotatable bonds is 2. The molecule has 0 aliphatic heterocycles. The van der Waals surface area contributed by atoms with Crippen LogP contribution in [0.1, 0.15) is 20.3 Å². The highest BCUT2D eigenvalue weighted by Gasteiger charge is 2.07. The van der Waals surface area contributed by atoms with Crippen LogP contribution in [0.3, 0.4) is 0 Å². The van der Waals surface area contributed by atoms with Gasteiger partial charge >= 0.3 is 5.97 Å². The van der Waals surface area contributed by atoms with Crippen molar-refractivity contribution < 1.29 is 14.3 Å². The van der Waals surface area contributed by atoms with Crippen LogP contribution in [0.5, 0.6) is 0 Å². The second kappa shape index (κ2) is 3.22. The number of hydrogen-bond donors (Lipinski definition) is 1. The molecule has 0 bridgehead atoms. The van der Waals surface area contributed by atoms with Crippen LogP contribution in [0, 0.1) is 0 Å². The molecule has 0 aliphatic carbocycles. The first kappa shape index (κ1) is 8.14. The van der Waals surface area contributed by atoms with E-state index >= 15 is 0 Å². The second-order valence-corrected chi connectivity index (χ2v) is 1.75. The summed E-state index contributed by atoms with van der Waals surface area (Å²) in [4.78, 5) is 9.87. The zero-order valence-corrected chi connectivity index (χ0v) is 5.44. The summed E-state index contributed by atoms with van der Waals surface area (Å²) in [5, 5.41) is 8.05. The number of carboxylic acid groups (broad SMARTS) is 1. The van der Waals surface area contributed by atoms with Crippen LogP contribution in [0.15, 0.2) is 11.4 Å². The number of carboxylic acids is 1. The van der Waals surface area contributed by atoms with Crippen molar-refractivity contribution in [3.8, 4) is 0 Å². The molecule has 0 saturated carbocycles. The topological polar surface area (TPSA) is 37.3 Å². The normalized spacial score (nSPS) is 12.8. The molecule has 0 atom stereocenters. The highest BCUT2D eigenvalue weighted by Crippen LogP contribution is 2.08. The Labute approximate surface area is 53.0 Å². The number of hydrogen-bond acceptors (Lipinski definition) is 1. The third-order valence-electron chi connectivity index (χ3n) is 1.09. The SMILES string of the molecule is CC/C(C)=C(/F)C(=O)O. The molecule has 0 heterocycles. The number of carbonyl (C=O) groups is 1. The maximum Gasteiger partial charge on any atom is 0.364 e. The summed E-state index contributed by atoms with van der Waals surface area (Å²) in [6.07, 6.45) is 0.443. The van der Waals surface area contributed by atoms with E-state index in [-0.39, 0.29) is 5.57 Å². The first-order valence-electron chi connectivity index (χ1n) is 2.68. The van der Waals surface area contributed by atoms with E-state index in [0.29, 0.717) is 6.42 Å². The minimum Gasteiger partial charge on any atom is -0.476 e. The van der Waals surface area contributed by atoms with E-state index in [0.717, 1.165) is 0 Å². The maximum atomic E-state index is 12.2. The van der Waals surface area contributed by atoms with Gasteiger partial charge in [-0.3, -0.25) is 0 Å². The van der Waals surface area contributed by atoms with E-state index in [9.17, 15) is 9.18 Å². The summed E-state index contributed by atoms with van der Waals surface area (Å²) < 4.78 is 12.2. The van der Waals surface area contributed by atoms with Crippen molar-refractivity contribution in [3.63, 3.8) is 0 Å². The Balaban J connectivity index is 4.28. The molecule has 3 heteroatoms. The first-order valence-corrected chi connectivity index (χ1v) is 2.68. The maximum absolute atomic E-state index is 12.2. The Morgan fingerprint density at radius 2 is 2.11 bits per heavy atom. The molecule has 0 fully saturated rings. The van der Waals surface area contributed by atoms with Crippen molar-refractivity contribution >= 4 is 5.97 Å². The molecule has 52 valence electrons. The van der Waals surface area contributed by atoms with E-state index in [1.807, 2.05) is 0 Å². The van der Waals surface area contributed by atoms with Crippen LogP contribution in [0.25, 0.3) is 0 Å². The predicted molar refractivity (Wildman–Crippen MR) is 31.7 cm³/mol. The Hall–Kier alpha value is -0.860. The largest absolute Gasteiger partial charge is 0.476 e. The Kier molecular flexibility index (Phi) is 2.91. The van der Waals surface area contributed by atoms with Crippen LogP contribution < -0.4 is 0 Å². The standard InChI is InChI=1S/C6H9FO2/c1-3-4(2)5(7)6(8)9/h3H2,1-2H3,(H,8,9)/b5-4+. The van der Waals surface area contributed by atoms with E-state index in [4.69, 9.17) is 5.11 Å². The predicted octanol–water partition coefficient (Wildman–Crippen LogP) is 1.72. The Bertz CT molecular complexity index is 149. The summed E-state index contributed by atoms with van der Waals surface area (Å²) in [6.45, 7) is 3.17. The van der Waals surface area contributed by atoms with Gasteiger partial charge in [0.25, 0.3) is 0 Å². The van der Waals surface area contributed by atoms with Gasteiger partial charge in [0.1, 0.15) is 0 Å². The van der Waals surface area contributed by atoms with Gasteiger partial charge in [-0.25, -0.2) is 4.79 Å². The van der Waals surface area contributed by atoms with E-state index in [2.05, 4.69) is 0 Å². The van der Waals surface area contributed by atoms with Gasteiger partial charge in [0.2, 0.25) is 5.83 Å². The van der Waals surface area contributed by atoms with Crippen LogP contribution in [-0.4, -0.2) is 11.1 Å². The van der Waals surface area contributed by atoms with Crippen molar-refractivity contribution in [2.75, 3.05) is 0 Å². The Morgan fingerprint density at radius 1 is 1.67 bits per heavy atom. The fourth-order valence-corrected chi connectivity index (χ4v) is 0.338. The van der Waals surface area contributed by atoms with Crippen LogP contribution in [0.2, 0.25) is 0 Å². The van der Waals surface area contributed by atoms with Crippen LogP contribution in [0.4, 0.5) is 4.39 Å². The van der Waals surface area contributed by atoms with E-state index < -0.39 is 11.8 Å². The smallest absolute Gasteiger partial charge is 0.364 e. The van der Waals surface area contributed by atoms with Crippen LogP contribution in [-0.2, 0) is 4.79 Å². The fraction of sp³-hybridized carbons (Fsp3) is 0.500. The lowest BCUT2D eigenvalue weighted by molar-refractivity contribution is -0.134. The van der Waals surface area contributed by atoms with Gasteiger partial charge in [-0.2, -0.15) is 4.39 Å². The van der Waals surface area contributed by atoms with Gasteiger partial charge in [-0.1, -0.05) is 6.92 Å². The molecule has 0 rings (SSSR count). The number of halogens is 1. The summed E-state index contributed by atoms with van der Waals surface area (Å²) in [7, 11) is 0. The molecule has 0 saturated heterocycles. The van der Waals surface area contributed by atoms with Crippen molar-refractivity contribution in [1.29, 1.82) is 0 Å². The van der Waals surface area contributed by atoms with Gasteiger partial charge in [0.05, 0.1) is 0 Å². The molecule has 2 nitrogen and oxygen atoms in total. The highest BCUT2D eigenvalue weighted by atomic mass is 19.1. The summed E-state index contributed by atoms with van der Waals surface area (Å²) in [6, 6.07) is 0. The Morgan fingerprint density at radius 3 is 2.22 bits per heavy atom. The highest BCUT2D eigenvalue weighted by molar-refractivity contribution is 5.84. The molecule has 0 unspecified atom stereocenters. The first-order chi connectivity index (χ1) is 4.09. The zero-order valence-electron chi connectivity index (χ0n) is 5.44. The molecule has 0 aromatic rings. The minimum absolute atomic E-state index is 0.280. The second-order valence-electron chi connectivity index (χ2n) is 1.75. The molecule has 0 spiro atoms. The van der Waals surface area contributed by atoms with E-state index in [1.165, 1.54) is 6.92 Å². The zero-order chi connectivity index (χ0) is 7.44. The third kappa shape index (κ3) is 2.26.